The average molecular weight is 290 g/mol. The quantitative estimate of drug-likeness (QED) is 0.904. The van der Waals surface area contributed by atoms with Gasteiger partial charge in [-0.2, -0.15) is 5.10 Å². The highest BCUT2D eigenvalue weighted by atomic mass is 79.9. The monoisotopic (exact) mass is 289 g/mol. The Kier molecular flexibility index (Phi) is 3.35. The van der Waals surface area contributed by atoms with Crippen molar-refractivity contribution in [3.05, 3.63) is 15.9 Å². The van der Waals surface area contributed by atoms with Crippen molar-refractivity contribution >= 4 is 15.9 Å². The van der Waals surface area contributed by atoms with E-state index in [4.69, 9.17) is 0 Å². The maximum Gasteiger partial charge on any atom is 0.129 e. The molecule has 1 atom stereocenters. The minimum atomic E-state index is -1.12. The zero-order valence-electron chi connectivity index (χ0n) is 9.69. The summed E-state index contributed by atoms with van der Waals surface area (Å²) in [6.45, 7) is 3.30. The van der Waals surface area contributed by atoms with Crippen molar-refractivity contribution in [1.29, 1.82) is 0 Å². The molecule has 0 spiro atoms. The lowest BCUT2D eigenvalue weighted by atomic mass is 9.91. The zero-order chi connectivity index (χ0) is 11.8. The van der Waals surface area contributed by atoms with E-state index in [9.17, 15) is 4.39 Å². The molecule has 0 saturated carbocycles. The van der Waals surface area contributed by atoms with Gasteiger partial charge in [0.15, 0.2) is 0 Å². The molecule has 0 aliphatic carbocycles. The largest absolute Gasteiger partial charge is 0.314 e. The van der Waals surface area contributed by atoms with Crippen LogP contribution < -0.4 is 5.32 Å². The highest BCUT2D eigenvalue weighted by molar-refractivity contribution is 9.10. The summed E-state index contributed by atoms with van der Waals surface area (Å²) in [7, 11) is 1.87. The summed E-state index contributed by atoms with van der Waals surface area (Å²) in [5, 5.41) is 7.41. The predicted molar refractivity (Wildman–Crippen MR) is 65.3 cm³/mol. The Morgan fingerprint density at radius 1 is 1.62 bits per heavy atom. The van der Waals surface area contributed by atoms with Crippen LogP contribution in [-0.2, 0) is 13.5 Å². The van der Waals surface area contributed by atoms with Crippen molar-refractivity contribution in [2.24, 2.45) is 7.05 Å². The van der Waals surface area contributed by atoms with E-state index in [2.05, 4.69) is 26.3 Å². The lowest BCUT2D eigenvalue weighted by Crippen LogP contribution is -2.44. The lowest BCUT2D eigenvalue weighted by molar-refractivity contribution is 0.120. The maximum absolute atomic E-state index is 14.5. The molecule has 0 radical (unpaired) electrons. The Balaban J connectivity index is 2.19. The zero-order valence-corrected chi connectivity index (χ0v) is 11.3. The number of alkyl halides is 1. The molecule has 3 nitrogen and oxygen atoms in total. The van der Waals surface area contributed by atoms with Crippen molar-refractivity contribution in [3.63, 3.8) is 0 Å². The fraction of sp³-hybridized carbons (Fsp3) is 0.727. The van der Waals surface area contributed by atoms with Crippen molar-refractivity contribution in [3.8, 4) is 0 Å². The van der Waals surface area contributed by atoms with E-state index in [0.717, 1.165) is 28.8 Å². The van der Waals surface area contributed by atoms with Crippen molar-refractivity contribution in [1.82, 2.24) is 15.1 Å². The molecule has 0 amide bonds. The van der Waals surface area contributed by atoms with Gasteiger partial charge in [-0.05, 0) is 42.2 Å². The number of aromatic nitrogens is 2. The molecule has 90 valence electrons. The normalized spacial score (nSPS) is 26.0. The van der Waals surface area contributed by atoms with E-state index in [1.165, 1.54) is 0 Å². The Hall–Kier alpha value is -0.420. The van der Waals surface area contributed by atoms with Gasteiger partial charge in [-0.1, -0.05) is 0 Å². The third-order valence-corrected chi connectivity index (χ3v) is 4.20. The van der Waals surface area contributed by atoms with Gasteiger partial charge in [0, 0.05) is 20.0 Å². The van der Waals surface area contributed by atoms with Crippen LogP contribution in [0.25, 0.3) is 0 Å². The smallest absolute Gasteiger partial charge is 0.129 e. The summed E-state index contributed by atoms with van der Waals surface area (Å²) in [6, 6.07) is 0. The fourth-order valence-electron chi connectivity index (χ4n) is 2.25. The third kappa shape index (κ3) is 2.30. The van der Waals surface area contributed by atoms with Gasteiger partial charge in [-0.25, -0.2) is 4.39 Å². The van der Waals surface area contributed by atoms with E-state index in [1.54, 1.807) is 4.68 Å². The number of hydrogen-bond donors (Lipinski definition) is 1. The van der Waals surface area contributed by atoms with Crippen molar-refractivity contribution in [2.75, 3.05) is 13.1 Å². The molecule has 2 rings (SSSR count). The second kappa shape index (κ2) is 4.45. The molecule has 0 aromatic carbocycles. The van der Waals surface area contributed by atoms with Gasteiger partial charge >= 0.3 is 0 Å². The van der Waals surface area contributed by atoms with Crippen molar-refractivity contribution in [2.45, 2.75) is 31.9 Å². The molecule has 5 heteroatoms. The molecule has 2 heterocycles. The van der Waals surface area contributed by atoms with Crippen molar-refractivity contribution < 1.29 is 4.39 Å². The summed E-state index contributed by atoms with van der Waals surface area (Å²) in [5.74, 6) is 0. The molecule has 1 aromatic rings. The molecule has 1 N–H and O–H groups in total. The SMILES string of the molecule is Cc1nn(C)c(CC2(F)CCCNC2)c1Br. The van der Waals surface area contributed by atoms with Gasteiger partial charge < -0.3 is 5.32 Å². The molecule has 0 bridgehead atoms. The minimum absolute atomic E-state index is 0.428. The highest BCUT2D eigenvalue weighted by Gasteiger charge is 2.33. The molecule has 1 fully saturated rings. The Morgan fingerprint density at radius 2 is 2.38 bits per heavy atom. The number of piperidine rings is 1. The van der Waals surface area contributed by atoms with Crippen LogP contribution in [-0.4, -0.2) is 28.5 Å². The summed E-state index contributed by atoms with van der Waals surface area (Å²) in [4.78, 5) is 0. The summed E-state index contributed by atoms with van der Waals surface area (Å²) < 4.78 is 17.2. The summed E-state index contributed by atoms with van der Waals surface area (Å²) >= 11 is 3.48. The van der Waals surface area contributed by atoms with Gasteiger partial charge in [0.25, 0.3) is 0 Å². The first-order valence-corrected chi connectivity index (χ1v) is 6.39. The number of hydrogen-bond acceptors (Lipinski definition) is 2. The van der Waals surface area contributed by atoms with Gasteiger partial charge in [0.05, 0.1) is 15.9 Å². The first kappa shape index (κ1) is 12.0. The van der Waals surface area contributed by atoms with Crippen LogP contribution in [0.5, 0.6) is 0 Å². The van der Waals surface area contributed by atoms with Crippen LogP contribution in [0.2, 0.25) is 0 Å². The second-order valence-corrected chi connectivity index (χ2v) is 5.37. The van der Waals surface area contributed by atoms with Crippen LogP contribution in [0.4, 0.5) is 4.39 Å². The molecular formula is C11H17BrFN3. The predicted octanol–water partition coefficient (Wildman–Crippen LogP) is 2.13. The van der Waals surface area contributed by atoms with E-state index < -0.39 is 5.67 Å². The molecule has 1 unspecified atom stereocenters. The van der Waals surface area contributed by atoms with Crippen LogP contribution in [0.1, 0.15) is 24.2 Å². The first-order chi connectivity index (χ1) is 7.52. The number of rotatable bonds is 2. The van der Waals surface area contributed by atoms with Crippen LogP contribution in [0, 0.1) is 6.92 Å². The molecular weight excluding hydrogens is 273 g/mol. The standard InChI is InChI=1S/C11H17BrFN3/c1-8-10(12)9(16(2)15-8)6-11(13)4-3-5-14-7-11/h14H,3-7H2,1-2H3. The molecule has 1 aliphatic rings. The number of nitrogens with one attached hydrogen (secondary N) is 1. The van der Waals surface area contributed by atoms with E-state index >= 15 is 0 Å². The topological polar surface area (TPSA) is 29.9 Å². The van der Waals surface area contributed by atoms with Crippen LogP contribution >= 0.6 is 15.9 Å². The Morgan fingerprint density at radius 3 is 2.88 bits per heavy atom. The molecule has 1 saturated heterocycles. The number of halogens is 2. The molecule has 1 aromatic heterocycles. The van der Waals surface area contributed by atoms with E-state index in [0.29, 0.717) is 19.4 Å². The number of nitrogens with zero attached hydrogens (tertiary/aromatic N) is 2. The van der Waals surface area contributed by atoms with Crippen LogP contribution in [0.3, 0.4) is 0 Å². The first-order valence-electron chi connectivity index (χ1n) is 5.59. The van der Waals surface area contributed by atoms with E-state index in [-0.39, 0.29) is 0 Å². The molecule has 1 aliphatic heterocycles. The Labute approximate surface area is 104 Å². The van der Waals surface area contributed by atoms with E-state index in [1.807, 2.05) is 14.0 Å². The number of aryl methyl sites for hydroxylation is 2. The second-order valence-electron chi connectivity index (χ2n) is 4.58. The summed E-state index contributed by atoms with van der Waals surface area (Å²) in [6.07, 6.45) is 1.97. The molecule has 16 heavy (non-hydrogen) atoms. The van der Waals surface area contributed by atoms with Crippen LogP contribution in [0.15, 0.2) is 4.47 Å². The van der Waals surface area contributed by atoms with Gasteiger partial charge in [-0.3, -0.25) is 4.68 Å². The highest BCUT2D eigenvalue weighted by Crippen LogP contribution is 2.30. The fourth-order valence-corrected chi connectivity index (χ4v) is 2.73. The van der Waals surface area contributed by atoms with Gasteiger partial charge in [0.1, 0.15) is 5.67 Å². The summed E-state index contributed by atoms with van der Waals surface area (Å²) in [5.41, 5.74) is 0.745. The average Bonchev–Trinajstić information content (AvgIpc) is 2.46. The lowest BCUT2D eigenvalue weighted by Gasteiger charge is -2.30. The van der Waals surface area contributed by atoms with Gasteiger partial charge in [-0.15, -0.1) is 0 Å². The van der Waals surface area contributed by atoms with Gasteiger partial charge in [0.2, 0.25) is 0 Å². The third-order valence-electron chi connectivity index (χ3n) is 3.17. The minimum Gasteiger partial charge on any atom is -0.314 e. The Bertz CT molecular complexity index is 383. The maximum atomic E-state index is 14.5.